The molecule has 2 aromatic carbocycles. The van der Waals surface area contributed by atoms with Crippen LogP contribution < -0.4 is 9.46 Å². The van der Waals surface area contributed by atoms with Crippen LogP contribution in [0.4, 0.5) is 0 Å². The van der Waals surface area contributed by atoms with E-state index < -0.39 is 10.0 Å². The van der Waals surface area contributed by atoms with Gasteiger partial charge in [-0.05, 0) is 42.7 Å². The lowest BCUT2D eigenvalue weighted by atomic mass is 10.2. The van der Waals surface area contributed by atoms with Crippen LogP contribution in [0.15, 0.2) is 73.3 Å². The number of hydrogen-bond acceptors (Lipinski definition) is 4. The molecule has 1 heterocycles. The highest BCUT2D eigenvalue weighted by Gasteiger charge is 2.10. The van der Waals surface area contributed by atoms with E-state index in [1.54, 1.807) is 12.5 Å². The number of nitrogens with zero attached hydrogens (tertiary/aromatic N) is 2. The second kappa shape index (κ2) is 9.34. The molecule has 0 aliphatic rings. The number of imidazole rings is 1. The minimum Gasteiger partial charge on any atom is -0.494 e. The summed E-state index contributed by atoms with van der Waals surface area (Å²) in [7, 11) is -3.30. The van der Waals surface area contributed by atoms with Crippen molar-refractivity contribution in [1.29, 1.82) is 0 Å². The van der Waals surface area contributed by atoms with Crippen molar-refractivity contribution >= 4 is 10.0 Å². The van der Waals surface area contributed by atoms with Crippen molar-refractivity contribution in [3.8, 4) is 11.4 Å². The zero-order valence-electron chi connectivity index (χ0n) is 15.0. The fraction of sp³-hybridized carbons (Fsp3) is 0.250. The zero-order valence-corrected chi connectivity index (χ0v) is 15.8. The Morgan fingerprint density at radius 1 is 1.00 bits per heavy atom. The molecule has 0 bridgehead atoms. The molecule has 0 unspecified atom stereocenters. The Kier molecular flexibility index (Phi) is 6.62. The molecule has 0 aliphatic heterocycles. The van der Waals surface area contributed by atoms with E-state index in [4.69, 9.17) is 4.74 Å². The number of aromatic nitrogens is 2. The third kappa shape index (κ3) is 6.23. The first-order valence-electron chi connectivity index (χ1n) is 8.85. The van der Waals surface area contributed by atoms with Crippen molar-refractivity contribution < 1.29 is 13.2 Å². The minimum atomic E-state index is -3.30. The Bertz CT molecular complexity index is 909. The first kappa shape index (κ1) is 19.1. The first-order valence-corrected chi connectivity index (χ1v) is 10.5. The Morgan fingerprint density at radius 2 is 1.78 bits per heavy atom. The predicted molar refractivity (Wildman–Crippen MR) is 105 cm³/mol. The maximum absolute atomic E-state index is 12.0. The second-order valence-electron chi connectivity index (χ2n) is 6.16. The zero-order chi connectivity index (χ0) is 19.0. The summed E-state index contributed by atoms with van der Waals surface area (Å²) in [5.74, 6) is 0.802. The molecule has 6 nitrogen and oxygen atoms in total. The molecule has 3 rings (SSSR count). The number of sulfonamides is 1. The Balaban J connectivity index is 1.33. The minimum absolute atomic E-state index is 0.00754. The van der Waals surface area contributed by atoms with Crippen LogP contribution in [0, 0.1) is 0 Å². The Labute approximate surface area is 159 Å². The molecule has 0 atom stereocenters. The maximum atomic E-state index is 12.0. The second-order valence-corrected chi connectivity index (χ2v) is 7.97. The van der Waals surface area contributed by atoms with Crippen molar-refractivity contribution in [2.24, 2.45) is 0 Å². The summed E-state index contributed by atoms with van der Waals surface area (Å²) in [6.45, 7) is 0.961. The predicted octanol–water partition coefficient (Wildman–Crippen LogP) is 3.15. The van der Waals surface area contributed by atoms with Crippen LogP contribution in [0.1, 0.15) is 18.4 Å². The number of hydrogen-bond donors (Lipinski definition) is 1. The molecule has 3 aromatic rings. The van der Waals surface area contributed by atoms with Crippen molar-refractivity contribution in [1.82, 2.24) is 14.3 Å². The van der Waals surface area contributed by atoms with Gasteiger partial charge in [-0.1, -0.05) is 30.3 Å². The highest BCUT2D eigenvalue weighted by Crippen LogP contribution is 2.15. The van der Waals surface area contributed by atoms with Crippen molar-refractivity contribution in [3.05, 3.63) is 78.9 Å². The van der Waals surface area contributed by atoms with Crippen LogP contribution >= 0.6 is 0 Å². The SMILES string of the molecule is O=S(=O)(Cc1ccccc1)NCCCCOc1ccc(-n2ccnc2)cc1. The molecule has 0 fully saturated rings. The number of nitrogens with one attached hydrogen (secondary N) is 1. The average Bonchev–Trinajstić information content (AvgIpc) is 3.20. The molecule has 142 valence electrons. The van der Waals surface area contributed by atoms with Gasteiger partial charge in [0.25, 0.3) is 0 Å². The smallest absolute Gasteiger partial charge is 0.215 e. The molecule has 1 N–H and O–H groups in total. The summed E-state index contributed by atoms with van der Waals surface area (Å²) in [4.78, 5) is 4.02. The maximum Gasteiger partial charge on any atom is 0.215 e. The summed E-state index contributed by atoms with van der Waals surface area (Å²) >= 11 is 0. The highest BCUT2D eigenvalue weighted by atomic mass is 32.2. The lowest BCUT2D eigenvalue weighted by molar-refractivity contribution is 0.307. The van der Waals surface area contributed by atoms with Crippen molar-refractivity contribution in [2.45, 2.75) is 18.6 Å². The summed E-state index contributed by atoms with van der Waals surface area (Å²) < 4.78 is 34.3. The highest BCUT2D eigenvalue weighted by molar-refractivity contribution is 7.88. The summed E-state index contributed by atoms with van der Waals surface area (Å²) in [6.07, 6.45) is 6.86. The van der Waals surface area contributed by atoms with Crippen molar-refractivity contribution in [2.75, 3.05) is 13.2 Å². The number of rotatable bonds is 10. The topological polar surface area (TPSA) is 73.2 Å². The van der Waals surface area contributed by atoms with Crippen LogP contribution in [0.3, 0.4) is 0 Å². The van der Waals surface area contributed by atoms with Gasteiger partial charge in [-0.3, -0.25) is 0 Å². The fourth-order valence-corrected chi connectivity index (χ4v) is 3.80. The fourth-order valence-electron chi connectivity index (χ4n) is 2.62. The van der Waals surface area contributed by atoms with Crippen LogP contribution in [0.2, 0.25) is 0 Å². The third-order valence-corrected chi connectivity index (χ3v) is 5.36. The summed E-state index contributed by atoms with van der Waals surface area (Å²) in [6, 6.07) is 16.9. The Hall–Kier alpha value is -2.64. The van der Waals surface area contributed by atoms with Gasteiger partial charge in [0, 0.05) is 24.6 Å². The molecule has 0 radical (unpaired) electrons. The van der Waals surface area contributed by atoms with E-state index in [1.165, 1.54) is 0 Å². The molecule has 0 aliphatic carbocycles. The molecule has 0 spiro atoms. The molecule has 0 saturated carbocycles. The molecule has 1 aromatic heterocycles. The standard InChI is InChI=1S/C20H23N3O3S/c24-27(25,16-18-6-2-1-3-7-18)22-12-4-5-15-26-20-10-8-19(9-11-20)23-14-13-21-17-23/h1-3,6-11,13-14,17,22H,4-5,12,15-16H2. The van der Waals surface area contributed by atoms with Gasteiger partial charge in [0.2, 0.25) is 10.0 Å². The largest absolute Gasteiger partial charge is 0.494 e. The molecule has 7 heteroatoms. The van der Waals surface area contributed by atoms with Crippen LogP contribution in [-0.2, 0) is 15.8 Å². The van der Waals surface area contributed by atoms with Gasteiger partial charge in [-0.15, -0.1) is 0 Å². The molecule has 27 heavy (non-hydrogen) atoms. The van der Waals surface area contributed by atoms with Gasteiger partial charge in [0.05, 0.1) is 18.7 Å². The van der Waals surface area contributed by atoms with Gasteiger partial charge in [-0.25, -0.2) is 18.1 Å². The molecule has 0 saturated heterocycles. The number of ether oxygens (including phenoxy) is 1. The third-order valence-electron chi connectivity index (χ3n) is 4.00. The van der Waals surface area contributed by atoms with Crippen LogP contribution in [0.5, 0.6) is 5.75 Å². The van der Waals surface area contributed by atoms with E-state index in [0.29, 0.717) is 13.2 Å². The first-order chi connectivity index (χ1) is 13.1. The van der Waals surface area contributed by atoms with E-state index in [2.05, 4.69) is 9.71 Å². The lowest BCUT2D eigenvalue weighted by Crippen LogP contribution is -2.26. The monoisotopic (exact) mass is 385 g/mol. The number of unbranched alkanes of at least 4 members (excludes halogenated alkanes) is 1. The Morgan fingerprint density at radius 3 is 2.48 bits per heavy atom. The van der Waals surface area contributed by atoms with E-state index in [9.17, 15) is 8.42 Å². The van der Waals surface area contributed by atoms with E-state index in [-0.39, 0.29) is 5.75 Å². The van der Waals surface area contributed by atoms with Gasteiger partial charge >= 0.3 is 0 Å². The van der Waals surface area contributed by atoms with E-state index in [1.807, 2.05) is 65.4 Å². The van der Waals surface area contributed by atoms with Gasteiger partial charge in [0.1, 0.15) is 5.75 Å². The van der Waals surface area contributed by atoms with Gasteiger partial charge in [0.15, 0.2) is 0 Å². The summed E-state index contributed by atoms with van der Waals surface area (Å²) in [5.41, 5.74) is 1.81. The van der Waals surface area contributed by atoms with E-state index >= 15 is 0 Å². The van der Waals surface area contributed by atoms with Gasteiger partial charge < -0.3 is 9.30 Å². The van der Waals surface area contributed by atoms with Crippen LogP contribution in [-0.4, -0.2) is 31.1 Å². The molecular formula is C20H23N3O3S. The van der Waals surface area contributed by atoms with Crippen molar-refractivity contribution in [3.63, 3.8) is 0 Å². The quantitative estimate of drug-likeness (QED) is 0.544. The summed E-state index contributed by atoms with van der Waals surface area (Å²) in [5, 5.41) is 0. The molecular weight excluding hydrogens is 362 g/mol. The molecule has 0 amide bonds. The lowest BCUT2D eigenvalue weighted by Gasteiger charge is -2.09. The average molecular weight is 385 g/mol. The number of benzene rings is 2. The van der Waals surface area contributed by atoms with Gasteiger partial charge in [-0.2, -0.15) is 0 Å². The van der Waals surface area contributed by atoms with E-state index in [0.717, 1.165) is 29.8 Å². The normalized spacial score (nSPS) is 11.4. The van der Waals surface area contributed by atoms with Crippen LogP contribution in [0.25, 0.3) is 5.69 Å².